The van der Waals surface area contributed by atoms with Crippen LogP contribution in [0.3, 0.4) is 0 Å². The number of nitrogens with zero attached hydrogens (tertiary/aromatic N) is 1. The first-order chi connectivity index (χ1) is 12.8. The van der Waals surface area contributed by atoms with Crippen molar-refractivity contribution in [2.24, 2.45) is 0 Å². The first-order valence-electron chi connectivity index (χ1n) is 9.15. The van der Waals surface area contributed by atoms with Crippen molar-refractivity contribution in [3.05, 3.63) is 42.0 Å². The minimum atomic E-state index is -4.54. The van der Waals surface area contributed by atoms with E-state index in [-0.39, 0.29) is 17.6 Å². The highest BCUT2D eigenvalue weighted by atomic mass is 19.4. The Bertz CT molecular complexity index is 901. The summed E-state index contributed by atoms with van der Waals surface area (Å²) in [4.78, 5) is 11.8. The van der Waals surface area contributed by atoms with E-state index in [0.717, 1.165) is 10.4 Å². The quantitative estimate of drug-likeness (QED) is 0.784. The van der Waals surface area contributed by atoms with Crippen molar-refractivity contribution in [3.63, 3.8) is 0 Å². The minimum absolute atomic E-state index is 0.0145. The van der Waals surface area contributed by atoms with Crippen molar-refractivity contribution in [2.45, 2.75) is 64.4 Å². The van der Waals surface area contributed by atoms with Crippen LogP contribution in [0, 0.1) is 0 Å². The Hall–Kier alpha value is -2.28. The van der Waals surface area contributed by atoms with Crippen molar-refractivity contribution in [3.8, 4) is 5.75 Å². The van der Waals surface area contributed by atoms with Gasteiger partial charge in [-0.15, -0.1) is 0 Å². The number of rotatable bonds is 3. The SMILES string of the molecule is CC(C)(C)Oc1ccc2cc(C(N3NC(=O)CC3(C)C)C(F)(F)F)ccc2c1. The molecule has 0 saturated carbocycles. The predicted octanol–water partition coefficient (Wildman–Crippen LogP) is 5.14. The fraction of sp³-hybridized carbons (Fsp3) is 0.476. The van der Waals surface area contributed by atoms with Crippen LogP contribution in [0.1, 0.15) is 52.6 Å². The molecule has 0 aromatic heterocycles. The van der Waals surface area contributed by atoms with Crippen LogP contribution in [0.25, 0.3) is 10.8 Å². The molecule has 1 heterocycles. The van der Waals surface area contributed by atoms with Gasteiger partial charge < -0.3 is 4.74 Å². The first-order valence-corrected chi connectivity index (χ1v) is 9.15. The number of hydrazine groups is 1. The second kappa shape index (κ2) is 6.65. The monoisotopic (exact) mass is 394 g/mol. The normalized spacial score (nSPS) is 18.9. The molecule has 1 unspecified atom stereocenters. The molecular formula is C21H25F3N2O2. The van der Waals surface area contributed by atoms with Gasteiger partial charge in [0, 0.05) is 12.0 Å². The number of amides is 1. The minimum Gasteiger partial charge on any atom is -0.488 e. The van der Waals surface area contributed by atoms with Crippen molar-refractivity contribution in [2.75, 3.05) is 0 Å². The zero-order chi connectivity index (χ0) is 20.9. The molecule has 1 amide bonds. The molecule has 1 fully saturated rings. The van der Waals surface area contributed by atoms with Crippen molar-refractivity contribution < 1.29 is 22.7 Å². The molecule has 1 atom stereocenters. The fourth-order valence-corrected chi connectivity index (χ4v) is 3.53. The summed E-state index contributed by atoms with van der Waals surface area (Å²) in [6, 6.07) is 8.03. The Morgan fingerprint density at radius 1 is 1.07 bits per heavy atom. The molecule has 1 saturated heterocycles. The van der Waals surface area contributed by atoms with Crippen LogP contribution in [0.2, 0.25) is 0 Å². The average molecular weight is 394 g/mol. The molecule has 0 spiro atoms. The molecular weight excluding hydrogens is 369 g/mol. The number of carbonyl (C=O) groups is 1. The maximum atomic E-state index is 14.0. The third-order valence-corrected chi connectivity index (χ3v) is 4.63. The number of benzene rings is 2. The summed E-state index contributed by atoms with van der Waals surface area (Å²) in [5, 5.41) is 2.49. The second-order valence-corrected chi connectivity index (χ2v) is 8.82. The highest BCUT2D eigenvalue weighted by Crippen LogP contribution is 2.43. The van der Waals surface area contributed by atoms with Crippen LogP contribution >= 0.6 is 0 Å². The molecule has 4 nitrogen and oxygen atoms in total. The number of nitrogens with one attached hydrogen (secondary N) is 1. The Morgan fingerprint density at radius 2 is 1.68 bits per heavy atom. The molecule has 152 valence electrons. The van der Waals surface area contributed by atoms with Gasteiger partial charge in [0.2, 0.25) is 5.91 Å². The van der Waals surface area contributed by atoms with Crippen LogP contribution in [0.4, 0.5) is 13.2 Å². The number of halogens is 3. The van der Waals surface area contributed by atoms with E-state index < -0.39 is 23.7 Å². The van der Waals surface area contributed by atoms with E-state index in [1.54, 1.807) is 32.0 Å². The Labute approximate surface area is 162 Å². The predicted molar refractivity (Wildman–Crippen MR) is 102 cm³/mol. The molecule has 1 aliphatic heterocycles. The number of fused-ring (bicyclic) bond motifs is 1. The zero-order valence-electron chi connectivity index (χ0n) is 16.6. The molecule has 1 N–H and O–H groups in total. The summed E-state index contributed by atoms with van der Waals surface area (Å²) in [5.41, 5.74) is 1.16. The summed E-state index contributed by atoms with van der Waals surface area (Å²) in [7, 11) is 0. The summed E-state index contributed by atoms with van der Waals surface area (Å²) in [5.74, 6) is 0.247. The summed E-state index contributed by atoms with van der Waals surface area (Å²) >= 11 is 0. The van der Waals surface area contributed by atoms with Gasteiger partial charge in [0.1, 0.15) is 11.4 Å². The van der Waals surface area contributed by atoms with Gasteiger partial charge in [-0.05, 0) is 69.2 Å². The lowest BCUT2D eigenvalue weighted by atomic mass is 9.95. The summed E-state index contributed by atoms with van der Waals surface area (Å²) in [6.45, 7) is 9.04. The van der Waals surface area contributed by atoms with Crippen molar-refractivity contribution in [1.29, 1.82) is 0 Å². The number of carbonyl (C=O) groups excluding carboxylic acids is 1. The highest BCUT2D eigenvalue weighted by molar-refractivity contribution is 5.85. The van der Waals surface area contributed by atoms with Gasteiger partial charge in [0.05, 0.1) is 0 Å². The van der Waals surface area contributed by atoms with Gasteiger partial charge in [0.15, 0.2) is 6.04 Å². The molecule has 1 aliphatic rings. The fourth-order valence-electron chi connectivity index (χ4n) is 3.53. The van der Waals surface area contributed by atoms with Crippen LogP contribution in [0.15, 0.2) is 36.4 Å². The maximum Gasteiger partial charge on any atom is 0.409 e. The lowest BCUT2D eigenvalue weighted by Gasteiger charge is -2.38. The largest absolute Gasteiger partial charge is 0.488 e. The molecule has 3 rings (SSSR count). The van der Waals surface area contributed by atoms with Crippen LogP contribution < -0.4 is 10.2 Å². The summed E-state index contributed by atoms with van der Waals surface area (Å²) in [6.07, 6.45) is -4.53. The maximum absolute atomic E-state index is 14.0. The average Bonchev–Trinajstić information content (AvgIpc) is 2.77. The molecule has 2 aromatic rings. The van der Waals surface area contributed by atoms with E-state index in [0.29, 0.717) is 11.1 Å². The van der Waals surface area contributed by atoms with Gasteiger partial charge in [-0.25, -0.2) is 0 Å². The third-order valence-electron chi connectivity index (χ3n) is 4.63. The molecule has 2 aromatic carbocycles. The van der Waals surface area contributed by atoms with Crippen molar-refractivity contribution in [1.82, 2.24) is 10.4 Å². The van der Waals surface area contributed by atoms with Gasteiger partial charge in [0.25, 0.3) is 0 Å². The summed E-state index contributed by atoms with van der Waals surface area (Å²) < 4.78 is 47.7. The van der Waals surface area contributed by atoms with E-state index in [1.807, 2.05) is 26.8 Å². The Balaban J connectivity index is 2.02. The molecule has 7 heteroatoms. The number of ether oxygens (including phenoxy) is 1. The molecule has 0 bridgehead atoms. The highest BCUT2D eigenvalue weighted by Gasteiger charge is 2.52. The second-order valence-electron chi connectivity index (χ2n) is 8.82. The number of hydrogen-bond donors (Lipinski definition) is 1. The van der Waals surface area contributed by atoms with Crippen LogP contribution in [-0.4, -0.2) is 28.2 Å². The van der Waals surface area contributed by atoms with E-state index in [9.17, 15) is 18.0 Å². The van der Waals surface area contributed by atoms with Gasteiger partial charge >= 0.3 is 6.18 Å². The first kappa shape index (κ1) is 20.5. The molecule has 0 aliphatic carbocycles. The number of alkyl halides is 3. The van der Waals surface area contributed by atoms with E-state index >= 15 is 0 Å². The zero-order valence-corrected chi connectivity index (χ0v) is 16.6. The van der Waals surface area contributed by atoms with Crippen molar-refractivity contribution >= 4 is 16.7 Å². The van der Waals surface area contributed by atoms with Crippen LogP contribution in [0.5, 0.6) is 5.75 Å². The van der Waals surface area contributed by atoms with E-state index in [4.69, 9.17) is 4.74 Å². The Morgan fingerprint density at radius 3 is 2.21 bits per heavy atom. The van der Waals surface area contributed by atoms with E-state index in [2.05, 4.69) is 5.43 Å². The smallest absolute Gasteiger partial charge is 0.409 e. The molecule has 0 radical (unpaired) electrons. The lowest BCUT2D eigenvalue weighted by molar-refractivity contribution is -0.203. The standard InChI is InChI=1S/C21H25F3N2O2/c1-19(2,3)28-16-9-8-13-10-15(7-6-14(13)11-16)18(21(22,23)24)26-20(4,5)12-17(27)25-26/h6-11,18H,12H2,1-5H3,(H,25,27). The third kappa shape index (κ3) is 4.24. The van der Waals surface area contributed by atoms with Gasteiger partial charge in [-0.2, -0.15) is 18.2 Å². The Kier molecular flexibility index (Phi) is 4.86. The van der Waals surface area contributed by atoms with Gasteiger partial charge in [-0.3, -0.25) is 10.2 Å². The lowest BCUT2D eigenvalue weighted by Crippen LogP contribution is -2.51. The van der Waals surface area contributed by atoms with Gasteiger partial charge in [-0.1, -0.05) is 18.2 Å². The topological polar surface area (TPSA) is 41.6 Å². The van der Waals surface area contributed by atoms with Crippen LogP contribution in [-0.2, 0) is 4.79 Å². The molecule has 28 heavy (non-hydrogen) atoms. The van der Waals surface area contributed by atoms with E-state index in [1.165, 1.54) is 12.1 Å². The number of hydrogen-bond acceptors (Lipinski definition) is 3.